The first-order valence-electron chi connectivity index (χ1n) is 8.22. The van der Waals surface area contributed by atoms with Gasteiger partial charge in [-0.15, -0.1) is 0 Å². The predicted octanol–water partition coefficient (Wildman–Crippen LogP) is 3.27. The first-order valence-corrected chi connectivity index (χ1v) is 8.22. The highest BCUT2D eigenvalue weighted by atomic mass is 16.6. The summed E-state index contributed by atoms with van der Waals surface area (Å²) in [6, 6.07) is 21.8. The lowest BCUT2D eigenvalue weighted by atomic mass is 10.1. The maximum absolute atomic E-state index is 12.0. The standard InChI is InChI=1S/C21H16N2O4/c22-12-17-7-3-4-8-19(17)26-14-21(25)27-13-20(24)23-18-10-9-15-5-1-2-6-16(15)11-18/h1-11H,13-14H2,(H,23,24). The summed E-state index contributed by atoms with van der Waals surface area (Å²) in [6.45, 7) is -0.809. The van der Waals surface area contributed by atoms with Gasteiger partial charge in [0.25, 0.3) is 5.91 Å². The number of esters is 1. The van der Waals surface area contributed by atoms with Crippen LogP contribution in [-0.2, 0) is 14.3 Å². The van der Waals surface area contributed by atoms with Crippen molar-refractivity contribution < 1.29 is 19.1 Å². The predicted molar refractivity (Wildman–Crippen MR) is 100 cm³/mol. The molecule has 0 aliphatic rings. The van der Waals surface area contributed by atoms with E-state index in [1.54, 1.807) is 30.3 Å². The van der Waals surface area contributed by atoms with Crippen molar-refractivity contribution in [2.45, 2.75) is 0 Å². The first kappa shape index (κ1) is 18.0. The number of benzene rings is 3. The van der Waals surface area contributed by atoms with Crippen molar-refractivity contribution in [3.63, 3.8) is 0 Å². The van der Waals surface area contributed by atoms with Gasteiger partial charge < -0.3 is 14.8 Å². The number of nitrogens with zero attached hydrogens (tertiary/aromatic N) is 1. The lowest BCUT2D eigenvalue weighted by molar-refractivity contribution is -0.149. The Morgan fingerprint density at radius 2 is 1.67 bits per heavy atom. The van der Waals surface area contributed by atoms with Gasteiger partial charge in [-0.1, -0.05) is 42.5 Å². The molecule has 3 aromatic rings. The fourth-order valence-corrected chi connectivity index (χ4v) is 2.47. The van der Waals surface area contributed by atoms with Crippen molar-refractivity contribution >= 4 is 28.3 Å². The molecule has 0 fully saturated rings. The number of carbonyl (C=O) groups is 2. The number of ether oxygens (including phenoxy) is 2. The molecule has 3 aromatic carbocycles. The van der Waals surface area contributed by atoms with Crippen LogP contribution < -0.4 is 10.1 Å². The summed E-state index contributed by atoms with van der Waals surface area (Å²) in [5, 5.41) is 13.7. The van der Waals surface area contributed by atoms with E-state index in [2.05, 4.69) is 5.32 Å². The van der Waals surface area contributed by atoms with E-state index in [1.165, 1.54) is 0 Å². The van der Waals surface area contributed by atoms with Crippen LogP contribution in [0.5, 0.6) is 5.75 Å². The number of nitrogens with one attached hydrogen (secondary N) is 1. The van der Waals surface area contributed by atoms with Gasteiger partial charge in [-0.25, -0.2) is 4.79 Å². The second-order valence-electron chi connectivity index (χ2n) is 5.67. The molecule has 0 spiro atoms. The monoisotopic (exact) mass is 360 g/mol. The molecule has 0 saturated carbocycles. The Morgan fingerprint density at radius 1 is 0.926 bits per heavy atom. The van der Waals surface area contributed by atoms with Gasteiger partial charge in [-0.2, -0.15) is 5.26 Å². The van der Waals surface area contributed by atoms with Gasteiger partial charge in [0, 0.05) is 5.69 Å². The van der Waals surface area contributed by atoms with Gasteiger partial charge in [0.15, 0.2) is 13.2 Å². The molecule has 0 saturated heterocycles. The average molecular weight is 360 g/mol. The van der Waals surface area contributed by atoms with Crippen LogP contribution in [0.15, 0.2) is 66.7 Å². The molecule has 0 aliphatic carbocycles. The quantitative estimate of drug-likeness (QED) is 0.682. The summed E-state index contributed by atoms with van der Waals surface area (Å²) in [6.07, 6.45) is 0. The second-order valence-corrected chi connectivity index (χ2v) is 5.67. The lowest BCUT2D eigenvalue weighted by Crippen LogP contribution is -2.23. The highest BCUT2D eigenvalue weighted by Crippen LogP contribution is 2.19. The maximum atomic E-state index is 12.0. The van der Waals surface area contributed by atoms with Gasteiger partial charge >= 0.3 is 5.97 Å². The third-order valence-corrected chi connectivity index (χ3v) is 3.75. The van der Waals surface area contributed by atoms with E-state index in [0.717, 1.165) is 10.8 Å². The van der Waals surface area contributed by atoms with E-state index in [0.29, 0.717) is 11.3 Å². The van der Waals surface area contributed by atoms with Crippen molar-refractivity contribution in [1.29, 1.82) is 5.26 Å². The second kappa shape index (κ2) is 8.50. The number of anilines is 1. The first-order chi connectivity index (χ1) is 13.2. The van der Waals surface area contributed by atoms with Crippen molar-refractivity contribution in [1.82, 2.24) is 0 Å². The Hall–Kier alpha value is -3.85. The number of carbonyl (C=O) groups excluding carboxylic acids is 2. The van der Waals surface area contributed by atoms with E-state index < -0.39 is 18.5 Å². The summed E-state index contributed by atoms with van der Waals surface area (Å²) in [4.78, 5) is 23.7. The Labute approximate surface area is 155 Å². The normalized spacial score (nSPS) is 10.0. The molecule has 0 radical (unpaired) electrons. The average Bonchev–Trinajstić information content (AvgIpc) is 2.70. The van der Waals surface area contributed by atoms with Crippen LogP contribution >= 0.6 is 0 Å². The molecular formula is C21H16N2O4. The summed E-state index contributed by atoms with van der Waals surface area (Å²) in [7, 11) is 0. The zero-order chi connectivity index (χ0) is 19.1. The molecule has 1 amide bonds. The van der Waals surface area contributed by atoms with Crippen LogP contribution in [-0.4, -0.2) is 25.1 Å². The Morgan fingerprint density at radius 3 is 2.48 bits per heavy atom. The Balaban J connectivity index is 1.48. The van der Waals surface area contributed by atoms with Crippen LogP contribution in [0.2, 0.25) is 0 Å². The van der Waals surface area contributed by atoms with Crippen LogP contribution in [0.25, 0.3) is 10.8 Å². The zero-order valence-electron chi connectivity index (χ0n) is 14.3. The number of fused-ring (bicyclic) bond motifs is 1. The van der Waals surface area contributed by atoms with Gasteiger partial charge in [0.1, 0.15) is 11.8 Å². The molecule has 0 unspecified atom stereocenters. The molecule has 3 rings (SSSR count). The molecule has 0 aliphatic heterocycles. The van der Waals surface area contributed by atoms with Crippen LogP contribution in [0.1, 0.15) is 5.56 Å². The molecule has 0 heterocycles. The number of nitriles is 1. The van der Waals surface area contributed by atoms with E-state index >= 15 is 0 Å². The number of para-hydroxylation sites is 1. The van der Waals surface area contributed by atoms with Gasteiger partial charge in [0.2, 0.25) is 0 Å². The third kappa shape index (κ3) is 4.83. The van der Waals surface area contributed by atoms with Crippen LogP contribution in [0, 0.1) is 11.3 Å². The molecule has 134 valence electrons. The number of rotatable bonds is 6. The molecule has 27 heavy (non-hydrogen) atoms. The largest absolute Gasteiger partial charge is 0.481 e. The molecule has 6 nitrogen and oxygen atoms in total. The van der Waals surface area contributed by atoms with Gasteiger partial charge in [-0.05, 0) is 35.0 Å². The van der Waals surface area contributed by atoms with E-state index in [9.17, 15) is 9.59 Å². The summed E-state index contributed by atoms with van der Waals surface area (Å²) in [5.41, 5.74) is 0.938. The van der Waals surface area contributed by atoms with Gasteiger partial charge in [-0.3, -0.25) is 4.79 Å². The minimum Gasteiger partial charge on any atom is -0.481 e. The molecular weight excluding hydrogens is 344 g/mol. The van der Waals surface area contributed by atoms with E-state index in [-0.39, 0.29) is 12.4 Å². The van der Waals surface area contributed by atoms with Crippen LogP contribution in [0.3, 0.4) is 0 Å². The van der Waals surface area contributed by atoms with Crippen LogP contribution in [0.4, 0.5) is 5.69 Å². The minimum absolute atomic E-state index is 0.289. The number of hydrogen-bond acceptors (Lipinski definition) is 5. The summed E-state index contributed by atoms with van der Waals surface area (Å²) < 4.78 is 10.2. The molecule has 6 heteroatoms. The lowest BCUT2D eigenvalue weighted by Gasteiger charge is -2.09. The number of amides is 1. The molecule has 0 atom stereocenters. The highest BCUT2D eigenvalue weighted by molar-refractivity contribution is 5.95. The highest BCUT2D eigenvalue weighted by Gasteiger charge is 2.10. The topological polar surface area (TPSA) is 88.4 Å². The molecule has 0 bridgehead atoms. The molecule has 1 N–H and O–H groups in total. The fraction of sp³-hybridized carbons (Fsp3) is 0.0952. The number of hydrogen-bond donors (Lipinski definition) is 1. The zero-order valence-corrected chi connectivity index (χ0v) is 14.3. The summed E-state index contributed by atoms with van der Waals surface area (Å²) in [5.74, 6) is -0.856. The molecule has 0 aromatic heterocycles. The van der Waals surface area contributed by atoms with Crippen molar-refractivity contribution in [3.8, 4) is 11.8 Å². The summed E-state index contributed by atoms with van der Waals surface area (Å²) >= 11 is 0. The maximum Gasteiger partial charge on any atom is 0.344 e. The van der Waals surface area contributed by atoms with Crippen molar-refractivity contribution in [2.24, 2.45) is 0 Å². The van der Waals surface area contributed by atoms with E-state index in [1.807, 2.05) is 42.5 Å². The minimum atomic E-state index is -0.698. The Kier molecular flexibility index (Phi) is 5.65. The van der Waals surface area contributed by atoms with Crippen molar-refractivity contribution in [3.05, 3.63) is 72.3 Å². The van der Waals surface area contributed by atoms with Crippen molar-refractivity contribution in [2.75, 3.05) is 18.5 Å². The smallest absolute Gasteiger partial charge is 0.344 e. The van der Waals surface area contributed by atoms with Gasteiger partial charge in [0.05, 0.1) is 5.56 Å². The Bertz CT molecular complexity index is 1020. The van der Waals surface area contributed by atoms with E-state index in [4.69, 9.17) is 14.7 Å². The fourth-order valence-electron chi connectivity index (χ4n) is 2.47. The SMILES string of the molecule is N#Cc1ccccc1OCC(=O)OCC(=O)Nc1ccc2ccccc2c1. The third-order valence-electron chi connectivity index (χ3n) is 3.75.